The third kappa shape index (κ3) is 4.40. The maximum atomic E-state index is 13.0. The van der Waals surface area contributed by atoms with Crippen molar-refractivity contribution in [2.45, 2.75) is 62.9 Å². The van der Waals surface area contributed by atoms with Crippen molar-refractivity contribution >= 4 is 23.6 Å². The van der Waals surface area contributed by atoms with E-state index in [1.165, 1.54) is 6.42 Å². The molecular formula is C21H30N2O4S. The number of benzene rings is 1. The molecule has 3 rings (SSSR count). The average molecular weight is 407 g/mol. The van der Waals surface area contributed by atoms with Crippen molar-refractivity contribution in [2.24, 2.45) is 0 Å². The minimum atomic E-state index is -0.433. The van der Waals surface area contributed by atoms with Crippen molar-refractivity contribution in [1.82, 2.24) is 10.2 Å². The third-order valence-corrected chi connectivity index (χ3v) is 6.86. The van der Waals surface area contributed by atoms with Crippen molar-refractivity contribution in [3.05, 3.63) is 23.8 Å². The molecule has 1 N–H and O–H groups in total. The Morgan fingerprint density at radius 2 is 1.86 bits per heavy atom. The van der Waals surface area contributed by atoms with Gasteiger partial charge in [-0.1, -0.05) is 32.3 Å². The van der Waals surface area contributed by atoms with Crippen LogP contribution in [0.5, 0.6) is 11.5 Å². The Morgan fingerprint density at radius 3 is 2.50 bits per heavy atom. The van der Waals surface area contributed by atoms with E-state index in [1.807, 2.05) is 25.1 Å². The van der Waals surface area contributed by atoms with Gasteiger partial charge >= 0.3 is 0 Å². The van der Waals surface area contributed by atoms with E-state index in [2.05, 4.69) is 5.32 Å². The monoisotopic (exact) mass is 406 g/mol. The summed E-state index contributed by atoms with van der Waals surface area (Å²) in [6, 6.07) is 5.49. The lowest BCUT2D eigenvalue weighted by molar-refractivity contribution is -0.140. The van der Waals surface area contributed by atoms with Crippen molar-refractivity contribution in [2.75, 3.05) is 20.0 Å². The number of methoxy groups -OCH3 is 2. The molecule has 28 heavy (non-hydrogen) atoms. The van der Waals surface area contributed by atoms with Gasteiger partial charge in [0.1, 0.15) is 11.4 Å². The van der Waals surface area contributed by atoms with Gasteiger partial charge in [-0.05, 0) is 30.5 Å². The summed E-state index contributed by atoms with van der Waals surface area (Å²) in [7, 11) is 3.19. The lowest BCUT2D eigenvalue weighted by Crippen LogP contribution is -2.50. The van der Waals surface area contributed by atoms with Gasteiger partial charge in [-0.2, -0.15) is 0 Å². The van der Waals surface area contributed by atoms with Crippen molar-refractivity contribution in [3.8, 4) is 11.5 Å². The predicted molar refractivity (Wildman–Crippen MR) is 111 cm³/mol. The van der Waals surface area contributed by atoms with Gasteiger partial charge < -0.3 is 19.7 Å². The number of carbonyl (C=O) groups excluding carboxylic acids is 2. The van der Waals surface area contributed by atoms with Crippen LogP contribution in [0.2, 0.25) is 0 Å². The fourth-order valence-electron chi connectivity index (χ4n) is 4.00. The Hall–Kier alpha value is -1.89. The summed E-state index contributed by atoms with van der Waals surface area (Å²) in [5.74, 6) is 1.84. The third-order valence-electron chi connectivity index (χ3n) is 5.54. The Morgan fingerprint density at radius 1 is 1.14 bits per heavy atom. The highest BCUT2D eigenvalue weighted by Gasteiger charge is 2.42. The van der Waals surface area contributed by atoms with Crippen LogP contribution in [0, 0.1) is 0 Å². The summed E-state index contributed by atoms with van der Waals surface area (Å²) < 4.78 is 10.7. The maximum Gasteiger partial charge on any atom is 0.243 e. The number of hydrogen-bond acceptors (Lipinski definition) is 5. The van der Waals surface area contributed by atoms with Crippen LogP contribution < -0.4 is 14.8 Å². The van der Waals surface area contributed by atoms with Crippen LogP contribution in [0.4, 0.5) is 0 Å². The molecule has 2 unspecified atom stereocenters. The highest BCUT2D eigenvalue weighted by Crippen LogP contribution is 2.44. The number of nitrogens with one attached hydrogen (secondary N) is 1. The molecule has 2 fully saturated rings. The molecule has 2 aliphatic rings. The first-order valence-electron chi connectivity index (χ1n) is 10.0. The first-order valence-corrected chi connectivity index (χ1v) is 11.1. The average Bonchev–Trinajstić information content (AvgIpc) is 3.18. The second-order valence-corrected chi connectivity index (χ2v) is 8.43. The molecule has 7 heteroatoms. The van der Waals surface area contributed by atoms with Gasteiger partial charge in [0.25, 0.3) is 0 Å². The zero-order valence-electron chi connectivity index (χ0n) is 16.9. The van der Waals surface area contributed by atoms with Crippen LogP contribution in [0.25, 0.3) is 0 Å². The van der Waals surface area contributed by atoms with Crippen LogP contribution in [0.1, 0.15) is 56.4 Å². The van der Waals surface area contributed by atoms with E-state index in [0.29, 0.717) is 23.7 Å². The summed E-state index contributed by atoms with van der Waals surface area (Å²) in [6.07, 6.45) is 6.01. The van der Waals surface area contributed by atoms with E-state index in [4.69, 9.17) is 9.47 Å². The SMILES string of the molecule is CCC(=O)N1C(C(=O)NC2CCCCC2)CSC1c1ccc(OC)c(OC)c1. The smallest absolute Gasteiger partial charge is 0.243 e. The molecule has 1 aliphatic heterocycles. The van der Waals surface area contributed by atoms with E-state index in [1.54, 1.807) is 30.9 Å². The number of hydrogen-bond donors (Lipinski definition) is 1. The first kappa shape index (κ1) is 20.8. The molecule has 1 aliphatic carbocycles. The van der Waals surface area contributed by atoms with E-state index in [0.717, 1.165) is 31.2 Å². The summed E-state index contributed by atoms with van der Waals surface area (Å²) in [6.45, 7) is 1.84. The van der Waals surface area contributed by atoms with Crippen molar-refractivity contribution < 1.29 is 19.1 Å². The first-order chi connectivity index (χ1) is 13.6. The second-order valence-electron chi connectivity index (χ2n) is 7.31. The van der Waals surface area contributed by atoms with Crippen molar-refractivity contribution in [1.29, 1.82) is 0 Å². The fourth-order valence-corrected chi connectivity index (χ4v) is 5.44. The largest absolute Gasteiger partial charge is 0.493 e. The number of rotatable bonds is 6. The Balaban J connectivity index is 1.80. The van der Waals surface area contributed by atoms with E-state index >= 15 is 0 Å². The van der Waals surface area contributed by atoms with E-state index in [-0.39, 0.29) is 23.2 Å². The minimum absolute atomic E-state index is 0.00595. The Labute approximate surface area is 171 Å². The minimum Gasteiger partial charge on any atom is -0.493 e. The van der Waals surface area contributed by atoms with Crippen LogP contribution in [-0.2, 0) is 9.59 Å². The number of thioether (sulfide) groups is 1. The number of amides is 2. The number of carbonyl (C=O) groups is 2. The molecule has 154 valence electrons. The highest BCUT2D eigenvalue weighted by molar-refractivity contribution is 7.99. The molecular weight excluding hydrogens is 376 g/mol. The zero-order valence-corrected chi connectivity index (χ0v) is 17.7. The van der Waals surface area contributed by atoms with E-state index < -0.39 is 6.04 Å². The van der Waals surface area contributed by atoms with Crippen LogP contribution in [0.15, 0.2) is 18.2 Å². The maximum absolute atomic E-state index is 13.0. The molecule has 2 atom stereocenters. The van der Waals surface area contributed by atoms with Gasteiger partial charge in [0.2, 0.25) is 11.8 Å². The fraction of sp³-hybridized carbons (Fsp3) is 0.619. The Bertz CT molecular complexity index is 706. The summed E-state index contributed by atoms with van der Waals surface area (Å²) in [5, 5.41) is 2.99. The predicted octanol–water partition coefficient (Wildman–Crippen LogP) is 3.51. The lowest BCUT2D eigenvalue weighted by atomic mass is 9.95. The molecule has 6 nitrogen and oxygen atoms in total. The highest BCUT2D eigenvalue weighted by atomic mass is 32.2. The topological polar surface area (TPSA) is 67.9 Å². The van der Waals surface area contributed by atoms with Crippen LogP contribution in [-0.4, -0.2) is 48.8 Å². The van der Waals surface area contributed by atoms with Crippen LogP contribution in [0.3, 0.4) is 0 Å². The van der Waals surface area contributed by atoms with Gasteiger partial charge in [0.05, 0.1) is 14.2 Å². The van der Waals surface area contributed by atoms with Crippen molar-refractivity contribution in [3.63, 3.8) is 0 Å². The van der Waals surface area contributed by atoms with E-state index in [9.17, 15) is 9.59 Å². The molecule has 0 spiro atoms. The molecule has 0 radical (unpaired) electrons. The van der Waals surface area contributed by atoms with Crippen LogP contribution >= 0.6 is 11.8 Å². The molecule has 2 amide bonds. The number of nitrogens with zero attached hydrogens (tertiary/aromatic N) is 1. The molecule has 0 aromatic heterocycles. The standard InChI is InChI=1S/C21H30N2O4S/c1-4-19(24)23-16(20(25)22-15-8-6-5-7-9-15)13-28-21(23)14-10-11-17(26-2)18(12-14)27-3/h10-12,15-16,21H,4-9,13H2,1-3H3,(H,22,25). The molecule has 1 aromatic carbocycles. The summed E-state index contributed by atoms with van der Waals surface area (Å²) in [4.78, 5) is 27.5. The number of ether oxygens (including phenoxy) is 2. The molecule has 1 heterocycles. The normalized spacial score (nSPS) is 22.8. The quantitative estimate of drug-likeness (QED) is 0.783. The van der Waals surface area contributed by atoms with Gasteiger partial charge in [-0.3, -0.25) is 9.59 Å². The molecule has 1 saturated carbocycles. The molecule has 1 aromatic rings. The lowest BCUT2D eigenvalue weighted by Gasteiger charge is -2.31. The summed E-state index contributed by atoms with van der Waals surface area (Å²) >= 11 is 1.63. The van der Waals surface area contributed by atoms with Gasteiger partial charge in [-0.15, -0.1) is 11.8 Å². The Kier molecular flexibility index (Phi) is 7.10. The van der Waals surface area contributed by atoms with Gasteiger partial charge in [0, 0.05) is 18.2 Å². The summed E-state index contributed by atoms with van der Waals surface area (Å²) in [5.41, 5.74) is 0.942. The second kappa shape index (κ2) is 9.54. The van der Waals surface area contributed by atoms with Gasteiger partial charge in [-0.25, -0.2) is 0 Å². The molecule has 0 bridgehead atoms. The van der Waals surface area contributed by atoms with Gasteiger partial charge in [0.15, 0.2) is 11.5 Å². The zero-order chi connectivity index (χ0) is 20.1. The molecule has 1 saturated heterocycles.